The molecule has 3 heterocycles. The molecule has 2 unspecified atom stereocenters. The predicted octanol–water partition coefficient (Wildman–Crippen LogP) is 7.02. The molecule has 0 spiro atoms. The molecule has 1 aliphatic heterocycles. The standard InChI is InChI=1S/C34H40N6O2/c1-23(21-24-11-9-15-27(22-24)34(5,33(2,3)4)42-31(35)41)37-32-36-19-18-29(39-32)40-20-10-14-26-16-17-28(38-30(26)40)25-12-7-6-8-13-25/h6-9,11-13,15-19,22-23H,10,14,20-21H2,1-5H3,(H2,35,41)(H,36,37,39). The topological polar surface area (TPSA) is 106 Å². The summed E-state index contributed by atoms with van der Waals surface area (Å²) in [7, 11) is 0. The number of aryl methyl sites for hydroxylation is 1. The van der Waals surface area contributed by atoms with E-state index in [0.29, 0.717) is 5.95 Å². The molecule has 0 bridgehead atoms. The monoisotopic (exact) mass is 564 g/mol. The van der Waals surface area contributed by atoms with Crippen LogP contribution in [0.15, 0.2) is 79.0 Å². The smallest absolute Gasteiger partial charge is 0.405 e. The molecule has 1 aliphatic rings. The minimum absolute atomic E-state index is 0.0462. The van der Waals surface area contributed by atoms with Crippen molar-refractivity contribution in [1.82, 2.24) is 15.0 Å². The van der Waals surface area contributed by atoms with Crippen LogP contribution in [0.25, 0.3) is 11.3 Å². The number of pyridine rings is 1. The van der Waals surface area contributed by atoms with Crippen LogP contribution in [-0.2, 0) is 23.2 Å². The van der Waals surface area contributed by atoms with E-state index in [1.165, 1.54) is 5.56 Å². The van der Waals surface area contributed by atoms with Crippen LogP contribution in [0.3, 0.4) is 0 Å². The summed E-state index contributed by atoms with van der Waals surface area (Å²) in [6.07, 6.45) is 3.77. The zero-order valence-corrected chi connectivity index (χ0v) is 25.1. The van der Waals surface area contributed by atoms with Crippen LogP contribution in [0.2, 0.25) is 0 Å². The number of anilines is 3. The van der Waals surface area contributed by atoms with Crippen molar-refractivity contribution in [2.75, 3.05) is 16.8 Å². The average Bonchev–Trinajstić information content (AvgIpc) is 2.96. The fraction of sp³-hybridized carbons (Fsp3) is 0.353. The third-order valence-corrected chi connectivity index (χ3v) is 8.16. The van der Waals surface area contributed by atoms with E-state index in [4.69, 9.17) is 20.4 Å². The number of carbonyl (C=O) groups excluding carboxylic acids is 1. The highest BCUT2D eigenvalue weighted by Gasteiger charge is 2.42. The lowest BCUT2D eigenvalue weighted by Gasteiger charge is -2.41. The number of ether oxygens (including phenoxy) is 1. The molecule has 8 heteroatoms. The Kier molecular flexibility index (Phi) is 8.16. The van der Waals surface area contributed by atoms with Gasteiger partial charge in [-0.1, -0.05) is 81.4 Å². The van der Waals surface area contributed by atoms with Gasteiger partial charge in [0.05, 0.1) is 5.69 Å². The highest BCUT2D eigenvalue weighted by atomic mass is 16.6. The third kappa shape index (κ3) is 6.22. The molecule has 3 N–H and O–H groups in total. The van der Waals surface area contributed by atoms with E-state index >= 15 is 0 Å². The van der Waals surface area contributed by atoms with Crippen LogP contribution in [-0.4, -0.2) is 33.6 Å². The number of carbonyl (C=O) groups is 1. The van der Waals surface area contributed by atoms with Gasteiger partial charge in [-0.25, -0.2) is 14.8 Å². The number of hydrogen-bond acceptors (Lipinski definition) is 7. The zero-order valence-electron chi connectivity index (χ0n) is 25.1. The normalized spacial score (nSPS) is 15.3. The summed E-state index contributed by atoms with van der Waals surface area (Å²) in [6, 6.07) is 24.7. The van der Waals surface area contributed by atoms with Crippen molar-refractivity contribution in [3.63, 3.8) is 0 Å². The van der Waals surface area contributed by atoms with Gasteiger partial charge in [0.15, 0.2) is 0 Å². The first-order valence-corrected chi connectivity index (χ1v) is 14.5. The molecule has 2 aromatic heterocycles. The SMILES string of the molecule is CC(Cc1cccc(C(C)(OC(N)=O)C(C)(C)C)c1)Nc1nccc(N2CCCc3ccc(-c4ccccc4)nc32)n1. The number of amides is 1. The second-order valence-electron chi connectivity index (χ2n) is 12.2. The highest BCUT2D eigenvalue weighted by Crippen LogP contribution is 2.42. The molecule has 218 valence electrons. The largest absolute Gasteiger partial charge is 0.438 e. The summed E-state index contributed by atoms with van der Waals surface area (Å²) < 4.78 is 5.67. The Morgan fingerprint density at radius 2 is 1.81 bits per heavy atom. The van der Waals surface area contributed by atoms with E-state index in [-0.39, 0.29) is 11.5 Å². The first-order chi connectivity index (χ1) is 20.0. The summed E-state index contributed by atoms with van der Waals surface area (Å²) in [5, 5.41) is 3.48. The maximum absolute atomic E-state index is 11.8. The van der Waals surface area contributed by atoms with Gasteiger partial charge >= 0.3 is 6.09 Å². The van der Waals surface area contributed by atoms with Crippen LogP contribution in [0.4, 0.5) is 22.4 Å². The average molecular weight is 565 g/mol. The van der Waals surface area contributed by atoms with Crippen LogP contribution in [0.1, 0.15) is 57.7 Å². The highest BCUT2D eigenvalue weighted by molar-refractivity contribution is 5.68. The number of nitrogens with zero attached hydrogens (tertiary/aromatic N) is 4. The second-order valence-corrected chi connectivity index (χ2v) is 12.2. The number of nitrogens with two attached hydrogens (primary N) is 1. The fourth-order valence-electron chi connectivity index (χ4n) is 5.47. The minimum atomic E-state index is -0.873. The summed E-state index contributed by atoms with van der Waals surface area (Å²) in [6.45, 7) is 11.0. The van der Waals surface area contributed by atoms with E-state index in [1.807, 2.05) is 64.1 Å². The van der Waals surface area contributed by atoms with Gasteiger partial charge < -0.3 is 20.7 Å². The van der Waals surface area contributed by atoms with Crippen LogP contribution in [0.5, 0.6) is 0 Å². The Balaban J connectivity index is 1.34. The van der Waals surface area contributed by atoms with Gasteiger partial charge in [0.25, 0.3) is 0 Å². The Morgan fingerprint density at radius 3 is 2.55 bits per heavy atom. The zero-order chi connectivity index (χ0) is 29.9. The van der Waals surface area contributed by atoms with E-state index in [0.717, 1.165) is 59.8 Å². The number of rotatable bonds is 8. The molecule has 8 nitrogen and oxygen atoms in total. The minimum Gasteiger partial charge on any atom is -0.438 e. The van der Waals surface area contributed by atoms with Gasteiger partial charge in [-0.15, -0.1) is 0 Å². The molecule has 2 aromatic carbocycles. The molecule has 0 fully saturated rings. The third-order valence-electron chi connectivity index (χ3n) is 8.16. The van der Waals surface area contributed by atoms with Gasteiger partial charge in [-0.05, 0) is 61.9 Å². The number of benzene rings is 2. The number of nitrogens with one attached hydrogen (secondary N) is 1. The molecule has 5 rings (SSSR count). The Bertz CT molecular complexity index is 1550. The number of aromatic nitrogens is 3. The van der Waals surface area contributed by atoms with Gasteiger partial charge in [-0.3, -0.25) is 0 Å². The van der Waals surface area contributed by atoms with Crippen molar-refractivity contribution in [3.8, 4) is 11.3 Å². The Labute approximate surface area is 248 Å². The molecule has 1 amide bonds. The molecule has 2 atom stereocenters. The quantitative estimate of drug-likeness (QED) is 0.237. The Hall–Kier alpha value is -4.46. The summed E-state index contributed by atoms with van der Waals surface area (Å²) >= 11 is 0. The molecule has 0 saturated heterocycles. The van der Waals surface area contributed by atoms with Gasteiger partial charge in [0, 0.05) is 29.8 Å². The van der Waals surface area contributed by atoms with Crippen molar-refractivity contribution in [2.24, 2.45) is 11.1 Å². The number of primary amides is 1. The predicted molar refractivity (Wildman–Crippen MR) is 168 cm³/mol. The van der Waals surface area contributed by atoms with E-state index in [2.05, 4.69) is 58.5 Å². The first kappa shape index (κ1) is 29.0. The maximum Gasteiger partial charge on any atom is 0.405 e. The Morgan fingerprint density at radius 1 is 1.02 bits per heavy atom. The van der Waals surface area contributed by atoms with Crippen LogP contribution >= 0.6 is 0 Å². The number of hydrogen-bond donors (Lipinski definition) is 2. The first-order valence-electron chi connectivity index (χ1n) is 14.5. The summed E-state index contributed by atoms with van der Waals surface area (Å²) in [5.74, 6) is 2.35. The van der Waals surface area contributed by atoms with E-state index < -0.39 is 11.7 Å². The van der Waals surface area contributed by atoms with Crippen molar-refractivity contribution in [1.29, 1.82) is 0 Å². The van der Waals surface area contributed by atoms with Gasteiger partial charge in [0.1, 0.15) is 17.2 Å². The van der Waals surface area contributed by atoms with Crippen molar-refractivity contribution >= 4 is 23.7 Å². The van der Waals surface area contributed by atoms with Crippen LogP contribution < -0.4 is 16.0 Å². The van der Waals surface area contributed by atoms with Gasteiger partial charge in [0.2, 0.25) is 5.95 Å². The molecule has 0 aliphatic carbocycles. The molecule has 42 heavy (non-hydrogen) atoms. The molecular weight excluding hydrogens is 524 g/mol. The van der Waals surface area contributed by atoms with Gasteiger partial charge in [-0.2, -0.15) is 4.98 Å². The van der Waals surface area contributed by atoms with Crippen molar-refractivity contribution < 1.29 is 9.53 Å². The summed E-state index contributed by atoms with van der Waals surface area (Å²) in [4.78, 5) is 28.4. The van der Waals surface area contributed by atoms with Crippen molar-refractivity contribution in [2.45, 2.75) is 65.5 Å². The molecule has 0 saturated carbocycles. The van der Waals surface area contributed by atoms with E-state index in [9.17, 15) is 4.79 Å². The van der Waals surface area contributed by atoms with Crippen molar-refractivity contribution in [3.05, 3.63) is 95.7 Å². The number of fused-ring (bicyclic) bond motifs is 1. The lowest BCUT2D eigenvalue weighted by atomic mass is 9.73. The molecular formula is C34H40N6O2. The lowest BCUT2D eigenvalue weighted by molar-refractivity contribution is -0.0559. The maximum atomic E-state index is 11.8. The van der Waals surface area contributed by atoms with Crippen LogP contribution in [0, 0.1) is 5.41 Å². The molecule has 4 aromatic rings. The lowest BCUT2D eigenvalue weighted by Crippen LogP contribution is -2.43. The summed E-state index contributed by atoms with van der Waals surface area (Å²) in [5.41, 5.74) is 9.51. The fourth-order valence-corrected chi connectivity index (χ4v) is 5.47. The van der Waals surface area contributed by atoms with E-state index in [1.54, 1.807) is 6.20 Å². The second kappa shape index (κ2) is 11.8. The molecule has 0 radical (unpaired) electrons.